The standard InChI is InChI=1S/C10H13NO3S/c1-2-15-6-5-11-4-3-9(12)8(7-11)10(13)14/h3-4,7H,2,5-6H2,1H3,(H,13,14). The fraction of sp³-hybridized carbons (Fsp3) is 0.400. The second kappa shape index (κ2) is 5.60. The molecule has 0 atom stereocenters. The Labute approximate surface area is 91.9 Å². The molecule has 0 bridgehead atoms. The lowest BCUT2D eigenvalue weighted by Gasteiger charge is -2.05. The van der Waals surface area contributed by atoms with Crippen molar-refractivity contribution >= 4 is 17.7 Å². The first kappa shape index (κ1) is 11.8. The van der Waals surface area contributed by atoms with Gasteiger partial charge in [-0.1, -0.05) is 6.92 Å². The van der Waals surface area contributed by atoms with Crippen LogP contribution in [0.25, 0.3) is 0 Å². The van der Waals surface area contributed by atoms with Gasteiger partial charge in [0.1, 0.15) is 5.56 Å². The van der Waals surface area contributed by atoms with Gasteiger partial charge in [-0.2, -0.15) is 11.8 Å². The number of carboxylic acids is 1. The van der Waals surface area contributed by atoms with Crippen LogP contribution < -0.4 is 5.43 Å². The van der Waals surface area contributed by atoms with E-state index in [1.54, 1.807) is 22.5 Å². The number of rotatable bonds is 5. The summed E-state index contributed by atoms with van der Waals surface area (Å²) in [6, 6.07) is 1.29. The Hall–Kier alpha value is -1.23. The summed E-state index contributed by atoms with van der Waals surface area (Å²) in [7, 11) is 0. The van der Waals surface area contributed by atoms with Crippen molar-refractivity contribution in [2.24, 2.45) is 0 Å². The Balaban J connectivity index is 2.79. The molecule has 0 saturated carbocycles. The molecule has 0 fully saturated rings. The Kier molecular flexibility index (Phi) is 4.42. The maximum atomic E-state index is 11.1. The van der Waals surface area contributed by atoms with E-state index in [9.17, 15) is 9.59 Å². The van der Waals surface area contributed by atoms with Gasteiger partial charge in [0, 0.05) is 30.8 Å². The number of aromatic nitrogens is 1. The van der Waals surface area contributed by atoms with Crippen LogP contribution in [-0.4, -0.2) is 27.1 Å². The minimum atomic E-state index is -1.17. The Morgan fingerprint density at radius 1 is 1.60 bits per heavy atom. The number of carbonyl (C=O) groups is 1. The molecular weight excluding hydrogens is 214 g/mol. The van der Waals surface area contributed by atoms with E-state index in [4.69, 9.17) is 5.11 Å². The number of carboxylic acid groups (broad SMARTS) is 1. The van der Waals surface area contributed by atoms with Gasteiger partial charge in [0.2, 0.25) is 0 Å². The quantitative estimate of drug-likeness (QED) is 0.770. The summed E-state index contributed by atoms with van der Waals surface area (Å²) in [5.41, 5.74) is -0.610. The van der Waals surface area contributed by atoms with Gasteiger partial charge in [0.25, 0.3) is 0 Å². The van der Waals surface area contributed by atoms with E-state index in [2.05, 4.69) is 6.92 Å². The van der Waals surface area contributed by atoms with E-state index < -0.39 is 11.4 Å². The second-order valence-corrected chi connectivity index (χ2v) is 4.36. The van der Waals surface area contributed by atoms with E-state index in [0.717, 1.165) is 18.1 Å². The third kappa shape index (κ3) is 3.43. The number of aromatic carboxylic acids is 1. The summed E-state index contributed by atoms with van der Waals surface area (Å²) in [5, 5.41) is 8.74. The van der Waals surface area contributed by atoms with Crippen molar-refractivity contribution in [3.05, 3.63) is 34.2 Å². The van der Waals surface area contributed by atoms with Crippen molar-refractivity contribution in [2.75, 3.05) is 11.5 Å². The van der Waals surface area contributed by atoms with Crippen LogP contribution in [0.1, 0.15) is 17.3 Å². The van der Waals surface area contributed by atoms with Crippen LogP contribution in [0, 0.1) is 0 Å². The zero-order valence-corrected chi connectivity index (χ0v) is 9.29. The molecule has 0 aliphatic rings. The third-order valence-electron chi connectivity index (χ3n) is 1.91. The summed E-state index contributed by atoms with van der Waals surface area (Å²) in [6.45, 7) is 2.79. The summed E-state index contributed by atoms with van der Waals surface area (Å²) in [6.07, 6.45) is 3.01. The number of aryl methyl sites for hydroxylation is 1. The van der Waals surface area contributed by atoms with Gasteiger partial charge in [0.15, 0.2) is 5.43 Å². The van der Waals surface area contributed by atoms with Gasteiger partial charge in [0.05, 0.1) is 0 Å². The predicted octanol–water partition coefficient (Wildman–Crippen LogP) is 1.30. The summed E-state index contributed by atoms with van der Waals surface area (Å²) < 4.78 is 1.73. The number of pyridine rings is 1. The highest BCUT2D eigenvalue weighted by Crippen LogP contribution is 2.00. The maximum Gasteiger partial charge on any atom is 0.341 e. The highest BCUT2D eigenvalue weighted by molar-refractivity contribution is 7.99. The lowest BCUT2D eigenvalue weighted by Crippen LogP contribution is -2.17. The average molecular weight is 227 g/mol. The normalized spacial score (nSPS) is 10.2. The molecule has 4 nitrogen and oxygen atoms in total. The first-order valence-electron chi connectivity index (χ1n) is 4.66. The molecule has 1 N–H and O–H groups in total. The molecule has 0 aliphatic heterocycles. The lowest BCUT2D eigenvalue weighted by molar-refractivity contribution is 0.0694. The van der Waals surface area contributed by atoms with Crippen molar-refractivity contribution in [3.8, 4) is 0 Å². The molecule has 1 rings (SSSR count). The van der Waals surface area contributed by atoms with E-state index in [0.29, 0.717) is 0 Å². The SMILES string of the molecule is CCSCCn1ccc(=O)c(C(=O)O)c1. The van der Waals surface area contributed by atoms with Gasteiger partial charge < -0.3 is 9.67 Å². The van der Waals surface area contributed by atoms with Crippen LogP contribution in [0.4, 0.5) is 0 Å². The number of hydrogen-bond donors (Lipinski definition) is 1. The Bertz CT molecular complexity index is 400. The van der Waals surface area contributed by atoms with Crippen molar-refractivity contribution in [1.29, 1.82) is 0 Å². The van der Waals surface area contributed by atoms with E-state index in [1.807, 2.05) is 0 Å². The number of nitrogens with zero attached hydrogens (tertiary/aromatic N) is 1. The topological polar surface area (TPSA) is 59.3 Å². The highest BCUT2D eigenvalue weighted by Gasteiger charge is 2.07. The largest absolute Gasteiger partial charge is 0.477 e. The predicted molar refractivity (Wildman–Crippen MR) is 60.7 cm³/mol. The molecule has 5 heteroatoms. The molecular formula is C10H13NO3S. The van der Waals surface area contributed by atoms with Gasteiger partial charge in [-0.25, -0.2) is 4.79 Å². The fourth-order valence-corrected chi connectivity index (χ4v) is 1.77. The molecule has 0 unspecified atom stereocenters. The van der Waals surface area contributed by atoms with Gasteiger partial charge in [-0.3, -0.25) is 4.79 Å². The summed E-state index contributed by atoms with van der Waals surface area (Å²) in [5.74, 6) is 0.780. The molecule has 1 aromatic rings. The molecule has 0 radical (unpaired) electrons. The van der Waals surface area contributed by atoms with Crippen LogP contribution in [-0.2, 0) is 6.54 Å². The highest BCUT2D eigenvalue weighted by atomic mass is 32.2. The molecule has 15 heavy (non-hydrogen) atoms. The molecule has 0 spiro atoms. The van der Waals surface area contributed by atoms with Crippen LogP contribution in [0.5, 0.6) is 0 Å². The minimum Gasteiger partial charge on any atom is -0.477 e. The third-order valence-corrected chi connectivity index (χ3v) is 2.79. The first-order chi connectivity index (χ1) is 7.15. The molecule has 0 aliphatic carbocycles. The summed E-state index contributed by atoms with van der Waals surface area (Å²) in [4.78, 5) is 21.8. The van der Waals surface area contributed by atoms with Crippen LogP contribution in [0.3, 0.4) is 0 Å². The van der Waals surface area contributed by atoms with E-state index in [-0.39, 0.29) is 5.56 Å². The molecule has 1 aromatic heterocycles. The van der Waals surface area contributed by atoms with Gasteiger partial charge >= 0.3 is 5.97 Å². The van der Waals surface area contributed by atoms with Crippen LogP contribution >= 0.6 is 11.8 Å². The molecule has 0 saturated heterocycles. The average Bonchev–Trinajstić information content (AvgIpc) is 2.20. The lowest BCUT2D eigenvalue weighted by atomic mass is 10.3. The van der Waals surface area contributed by atoms with Crippen molar-refractivity contribution in [1.82, 2.24) is 4.57 Å². The zero-order chi connectivity index (χ0) is 11.3. The van der Waals surface area contributed by atoms with E-state index >= 15 is 0 Å². The van der Waals surface area contributed by atoms with Gasteiger partial charge in [-0.15, -0.1) is 0 Å². The molecule has 0 aromatic carbocycles. The second-order valence-electron chi connectivity index (χ2n) is 2.96. The molecule has 82 valence electrons. The van der Waals surface area contributed by atoms with Crippen molar-refractivity contribution in [2.45, 2.75) is 13.5 Å². The smallest absolute Gasteiger partial charge is 0.341 e. The molecule has 0 amide bonds. The van der Waals surface area contributed by atoms with Crippen LogP contribution in [0.15, 0.2) is 23.3 Å². The molecule has 1 heterocycles. The Morgan fingerprint density at radius 2 is 2.33 bits per heavy atom. The Morgan fingerprint density at radius 3 is 2.93 bits per heavy atom. The van der Waals surface area contributed by atoms with Crippen LogP contribution in [0.2, 0.25) is 0 Å². The number of hydrogen-bond acceptors (Lipinski definition) is 3. The first-order valence-corrected chi connectivity index (χ1v) is 5.81. The minimum absolute atomic E-state index is 0.168. The zero-order valence-electron chi connectivity index (χ0n) is 8.47. The van der Waals surface area contributed by atoms with Gasteiger partial charge in [-0.05, 0) is 5.75 Å². The van der Waals surface area contributed by atoms with E-state index in [1.165, 1.54) is 12.3 Å². The fourth-order valence-electron chi connectivity index (χ4n) is 1.14. The monoisotopic (exact) mass is 227 g/mol. The van der Waals surface area contributed by atoms with Crippen molar-refractivity contribution in [3.63, 3.8) is 0 Å². The number of thioether (sulfide) groups is 1. The van der Waals surface area contributed by atoms with Crippen molar-refractivity contribution < 1.29 is 9.90 Å². The maximum absolute atomic E-state index is 11.1. The summed E-state index contributed by atoms with van der Waals surface area (Å²) >= 11 is 1.78.